The molecule has 3 rings (SSSR count). The number of benzene rings is 2. The topological polar surface area (TPSA) is 49.8 Å². The number of aromatic hydroxyl groups is 1. The number of hydrogen-bond acceptors (Lipinski definition) is 4. The largest absolute Gasteiger partial charge is 0.507 e. The van der Waals surface area contributed by atoms with Crippen LogP contribution < -0.4 is 0 Å². The van der Waals surface area contributed by atoms with Crippen molar-refractivity contribution >= 4 is 12.0 Å². The first-order valence-electron chi connectivity index (χ1n) is 9.29. The van der Waals surface area contributed by atoms with Gasteiger partial charge >= 0.3 is 12.4 Å². The van der Waals surface area contributed by atoms with Crippen molar-refractivity contribution in [3.05, 3.63) is 82.4 Å². The van der Waals surface area contributed by atoms with Gasteiger partial charge in [-0.1, -0.05) is 42.5 Å². The predicted octanol–water partition coefficient (Wildman–Crippen LogP) is 5.73. The van der Waals surface area contributed by atoms with Crippen molar-refractivity contribution in [1.82, 2.24) is 5.06 Å². The van der Waals surface area contributed by atoms with Crippen molar-refractivity contribution in [2.75, 3.05) is 0 Å². The molecule has 32 heavy (non-hydrogen) atoms. The highest BCUT2D eigenvalue weighted by atomic mass is 19.4. The van der Waals surface area contributed by atoms with Gasteiger partial charge in [-0.05, 0) is 24.6 Å². The standard InChI is InChI=1S/C22H17F6NO3/c1-2-6-18-15(12-30)20(14-7-4-3-5-8-14)32-29(18)11-13-9-16(21(23,24)25)19(31)17(10-13)22(26,27)28/h2-10,12,18,31H,11H2,1H3/b6-2+. The summed E-state index contributed by atoms with van der Waals surface area (Å²) in [6.45, 7) is 1.13. The van der Waals surface area contributed by atoms with Crippen LogP contribution in [0.4, 0.5) is 26.3 Å². The van der Waals surface area contributed by atoms with Gasteiger partial charge in [-0.15, -0.1) is 5.06 Å². The Labute approximate surface area is 179 Å². The molecule has 0 amide bonds. The van der Waals surface area contributed by atoms with Gasteiger partial charge in [0.1, 0.15) is 5.75 Å². The fraction of sp³-hybridized carbons (Fsp3) is 0.227. The van der Waals surface area contributed by atoms with Gasteiger partial charge in [0.25, 0.3) is 0 Å². The summed E-state index contributed by atoms with van der Waals surface area (Å²) >= 11 is 0. The molecule has 4 nitrogen and oxygen atoms in total. The van der Waals surface area contributed by atoms with E-state index in [-0.39, 0.29) is 11.3 Å². The fourth-order valence-corrected chi connectivity index (χ4v) is 3.36. The zero-order valence-electron chi connectivity index (χ0n) is 16.5. The van der Waals surface area contributed by atoms with Crippen molar-refractivity contribution < 1.29 is 41.1 Å². The Balaban J connectivity index is 2.05. The maximum atomic E-state index is 13.3. The molecule has 0 bridgehead atoms. The Kier molecular flexibility index (Phi) is 6.36. The Morgan fingerprint density at radius 1 is 1.03 bits per heavy atom. The lowest BCUT2D eigenvalue weighted by Gasteiger charge is -2.23. The van der Waals surface area contributed by atoms with Crippen molar-refractivity contribution in [3.63, 3.8) is 0 Å². The summed E-state index contributed by atoms with van der Waals surface area (Å²) < 4.78 is 79.6. The van der Waals surface area contributed by atoms with Crippen LogP contribution in [0.2, 0.25) is 0 Å². The lowest BCUT2D eigenvalue weighted by Crippen LogP contribution is -2.29. The van der Waals surface area contributed by atoms with Gasteiger partial charge in [0.05, 0.1) is 29.3 Å². The van der Waals surface area contributed by atoms with Gasteiger partial charge in [0.2, 0.25) is 0 Å². The SMILES string of the molecule is C/C=C/C1C(C=O)=C(c2ccccc2)ON1Cc1cc(C(F)(F)F)c(O)c(C(F)(F)F)c1. The van der Waals surface area contributed by atoms with E-state index in [1.807, 2.05) is 0 Å². The highest BCUT2D eigenvalue weighted by Gasteiger charge is 2.42. The van der Waals surface area contributed by atoms with Gasteiger partial charge in [-0.3, -0.25) is 4.79 Å². The number of carbonyl (C=O) groups excluding carboxylic acids is 1. The predicted molar refractivity (Wildman–Crippen MR) is 103 cm³/mol. The van der Waals surface area contributed by atoms with Gasteiger partial charge in [-0.25, -0.2) is 0 Å². The van der Waals surface area contributed by atoms with E-state index in [1.165, 1.54) is 6.08 Å². The number of hydroxylamine groups is 2. The molecule has 0 saturated carbocycles. The number of rotatable bonds is 5. The van der Waals surface area contributed by atoms with E-state index in [0.29, 0.717) is 24.0 Å². The Morgan fingerprint density at radius 2 is 1.59 bits per heavy atom. The van der Waals surface area contributed by atoms with Crippen LogP contribution in [0, 0.1) is 0 Å². The number of nitrogens with zero attached hydrogens (tertiary/aromatic N) is 1. The summed E-state index contributed by atoms with van der Waals surface area (Å²) in [7, 11) is 0. The molecule has 1 N–H and O–H groups in total. The second kappa shape index (κ2) is 8.70. The monoisotopic (exact) mass is 457 g/mol. The average molecular weight is 457 g/mol. The first kappa shape index (κ1) is 23.4. The molecule has 1 unspecified atom stereocenters. The van der Waals surface area contributed by atoms with E-state index in [1.54, 1.807) is 43.3 Å². The van der Waals surface area contributed by atoms with Crippen molar-refractivity contribution in [3.8, 4) is 5.75 Å². The average Bonchev–Trinajstić information content (AvgIpc) is 3.05. The number of aldehydes is 1. The summed E-state index contributed by atoms with van der Waals surface area (Å²) in [6.07, 6.45) is -6.77. The quantitative estimate of drug-likeness (QED) is 0.354. The van der Waals surface area contributed by atoms with Crippen molar-refractivity contribution in [1.29, 1.82) is 0 Å². The van der Waals surface area contributed by atoms with Crippen molar-refractivity contribution in [2.45, 2.75) is 31.9 Å². The number of allylic oxidation sites excluding steroid dienone is 1. The van der Waals surface area contributed by atoms with Crippen LogP contribution in [0.15, 0.2) is 60.2 Å². The van der Waals surface area contributed by atoms with E-state index in [9.17, 15) is 36.2 Å². The molecule has 1 heterocycles. The van der Waals surface area contributed by atoms with Crippen LogP contribution in [-0.4, -0.2) is 22.5 Å². The number of alkyl halides is 6. The van der Waals surface area contributed by atoms with Crippen LogP contribution in [0.1, 0.15) is 29.2 Å². The van der Waals surface area contributed by atoms with Crippen LogP contribution >= 0.6 is 0 Å². The van der Waals surface area contributed by atoms with Gasteiger partial charge in [0.15, 0.2) is 12.0 Å². The molecule has 0 spiro atoms. The molecule has 0 radical (unpaired) electrons. The summed E-state index contributed by atoms with van der Waals surface area (Å²) in [4.78, 5) is 17.5. The molecule has 0 fully saturated rings. The lowest BCUT2D eigenvalue weighted by molar-refractivity contribution is -0.145. The molecule has 2 aromatic rings. The number of carbonyl (C=O) groups is 1. The van der Waals surface area contributed by atoms with Gasteiger partial charge in [0, 0.05) is 5.56 Å². The van der Waals surface area contributed by atoms with E-state index in [4.69, 9.17) is 4.84 Å². The summed E-state index contributed by atoms with van der Waals surface area (Å²) in [5.74, 6) is -1.74. The molecule has 0 aromatic heterocycles. The molecular formula is C22H17F6NO3. The third kappa shape index (κ3) is 4.64. The number of halogens is 6. The molecule has 1 aliphatic rings. The zero-order valence-corrected chi connectivity index (χ0v) is 16.5. The van der Waals surface area contributed by atoms with E-state index in [2.05, 4.69) is 0 Å². The number of hydrogen-bond donors (Lipinski definition) is 1. The van der Waals surface area contributed by atoms with Gasteiger partial charge < -0.3 is 9.94 Å². The second-order valence-corrected chi connectivity index (χ2v) is 6.94. The number of phenolic OH excluding ortho intramolecular Hbond substituents is 1. The second-order valence-electron chi connectivity index (χ2n) is 6.94. The highest BCUT2D eigenvalue weighted by Crippen LogP contribution is 2.45. The molecular weight excluding hydrogens is 440 g/mol. The Hall–Kier alpha value is -3.27. The molecule has 0 aliphatic carbocycles. The summed E-state index contributed by atoms with van der Waals surface area (Å²) in [5, 5.41) is 10.7. The van der Waals surface area contributed by atoms with E-state index >= 15 is 0 Å². The molecule has 2 aromatic carbocycles. The summed E-state index contributed by atoms with van der Waals surface area (Å²) in [6, 6.07) is 8.43. The molecule has 170 valence electrons. The minimum absolute atomic E-state index is 0.148. The molecule has 1 atom stereocenters. The van der Waals surface area contributed by atoms with E-state index < -0.39 is 47.4 Å². The molecule has 1 aliphatic heterocycles. The van der Waals surface area contributed by atoms with Crippen LogP contribution in [-0.2, 0) is 28.5 Å². The van der Waals surface area contributed by atoms with Crippen LogP contribution in [0.5, 0.6) is 5.75 Å². The normalized spacial score (nSPS) is 17.8. The molecule has 10 heteroatoms. The van der Waals surface area contributed by atoms with Crippen LogP contribution in [0.3, 0.4) is 0 Å². The van der Waals surface area contributed by atoms with Gasteiger partial charge in [-0.2, -0.15) is 26.3 Å². The third-order valence-corrected chi connectivity index (χ3v) is 4.76. The zero-order chi connectivity index (χ0) is 23.7. The highest BCUT2D eigenvalue weighted by molar-refractivity contribution is 5.89. The molecule has 0 saturated heterocycles. The number of phenols is 1. The summed E-state index contributed by atoms with van der Waals surface area (Å²) in [5.41, 5.74) is -3.34. The maximum absolute atomic E-state index is 13.3. The smallest absolute Gasteiger partial charge is 0.419 e. The first-order valence-corrected chi connectivity index (χ1v) is 9.29. The fourth-order valence-electron chi connectivity index (χ4n) is 3.36. The third-order valence-electron chi connectivity index (χ3n) is 4.76. The first-order chi connectivity index (χ1) is 15.0. The van der Waals surface area contributed by atoms with E-state index in [0.717, 1.165) is 5.06 Å². The van der Waals surface area contributed by atoms with Crippen LogP contribution in [0.25, 0.3) is 5.76 Å². The Morgan fingerprint density at radius 3 is 2.06 bits per heavy atom. The minimum atomic E-state index is -5.21. The van der Waals surface area contributed by atoms with Crippen molar-refractivity contribution in [2.24, 2.45) is 0 Å². The lowest BCUT2D eigenvalue weighted by atomic mass is 10.0. The minimum Gasteiger partial charge on any atom is -0.507 e. The Bertz CT molecular complexity index is 1020. The maximum Gasteiger partial charge on any atom is 0.419 e.